The molecule has 1 amide bonds. The fraction of sp³-hybridized carbons (Fsp3) is 0.700. The van der Waals surface area contributed by atoms with Crippen molar-refractivity contribution in [2.45, 2.75) is 38.6 Å². The van der Waals surface area contributed by atoms with Crippen molar-refractivity contribution in [1.29, 1.82) is 0 Å². The third-order valence-electron chi connectivity index (χ3n) is 2.60. The third-order valence-corrected chi connectivity index (χ3v) is 2.60. The van der Waals surface area contributed by atoms with Crippen LogP contribution in [0.25, 0.3) is 0 Å². The lowest BCUT2D eigenvalue weighted by Crippen LogP contribution is -2.45. The SMILES string of the molecule is C=CC(=O)NNC1CCC(C)CC1. The molecule has 0 aromatic carbocycles. The van der Waals surface area contributed by atoms with Crippen LogP contribution in [0.15, 0.2) is 12.7 Å². The fourth-order valence-corrected chi connectivity index (χ4v) is 1.63. The van der Waals surface area contributed by atoms with E-state index in [1.54, 1.807) is 0 Å². The van der Waals surface area contributed by atoms with Gasteiger partial charge in [-0.25, -0.2) is 5.43 Å². The van der Waals surface area contributed by atoms with E-state index in [-0.39, 0.29) is 5.91 Å². The minimum absolute atomic E-state index is 0.154. The van der Waals surface area contributed by atoms with Crippen LogP contribution in [0.4, 0.5) is 0 Å². The quantitative estimate of drug-likeness (QED) is 0.511. The Kier molecular flexibility index (Phi) is 3.96. The normalized spacial score (nSPS) is 28.1. The van der Waals surface area contributed by atoms with E-state index in [2.05, 4.69) is 24.4 Å². The lowest BCUT2D eigenvalue weighted by atomic mass is 9.88. The predicted molar refractivity (Wildman–Crippen MR) is 52.9 cm³/mol. The van der Waals surface area contributed by atoms with Gasteiger partial charge in [0.05, 0.1) is 0 Å². The molecule has 0 aromatic rings. The van der Waals surface area contributed by atoms with Gasteiger partial charge in [-0.15, -0.1) is 0 Å². The third kappa shape index (κ3) is 3.59. The first-order chi connectivity index (χ1) is 6.22. The van der Waals surface area contributed by atoms with E-state index in [0.717, 1.165) is 18.8 Å². The number of rotatable bonds is 3. The largest absolute Gasteiger partial charge is 0.288 e. The summed E-state index contributed by atoms with van der Waals surface area (Å²) in [6.07, 6.45) is 6.08. The van der Waals surface area contributed by atoms with E-state index >= 15 is 0 Å². The molecule has 2 N–H and O–H groups in total. The van der Waals surface area contributed by atoms with E-state index in [1.807, 2.05) is 0 Å². The zero-order valence-corrected chi connectivity index (χ0v) is 8.18. The minimum Gasteiger partial charge on any atom is -0.288 e. The summed E-state index contributed by atoms with van der Waals surface area (Å²) in [5.74, 6) is 0.687. The lowest BCUT2D eigenvalue weighted by molar-refractivity contribution is -0.117. The Labute approximate surface area is 79.6 Å². The van der Waals surface area contributed by atoms with Gasteiger partial charge in [0.1, 0.15) is 0 Å². The highest BCUT2D eigenvalue weighted by molar-refractivity contribution is 5.86. The molecule has 74 valence electrons. The van der Waals surface area contributed by atoms with Crippen molar-refractivity contribution in [3.8, 4) is 0 Å². The van der Waals surface area contributed by atoms with Crippen molar-refractivity contribution in [2.75, 3.05) is 0 Å². The van der Waals surface area contributed by atoms with Crippen molar-refractivity contribution < 1.29 is 4.79 Å². The molecule has 0 heterocycles. The van der Waals surface area contributed by atoms with Gasteiger partial charge < -0.3 is 0 Å². The summed E-state index contributed by atoms with van der Waals surface area (Å²) in [5, 5.41) is 0. The molecule has 0 atom stereocenters. The van der Waals surface area contributed by atoms with E-state index in [1.165, 1.54) is 18.9 Å². The Morgan fingerprint density at radius 2 is 2.00 bits per heavy atom. The summed E-state index contributed by atoms with van der Waals surface area (Å²) in [7, 11) is 0. The Hall–Kier alpha value is -0.830. The van der Waals surface area contributed by atoms with Crippen LogP contribution in [0.1, 0.15) is 32.6 Å². The van der Waals surface area contributed by atoms with Gasteiger partial charge in [-0.2, -0.15) is 0 Å². The maximum atomic E-state index is 10.8. The molecule has 1 aliphatic rings. The zero-order valence-electron chi connectivity index (χ0n) is 8.18. The van der Waals surface area contributed by atoms with Gasteiger partial charge in [-0.3, -0.25) is 10.2 Å². The molecule has 0 aliphatic heterocycles. The first kappa shape index (κ1) is 10.3. The monoisotopic (exact) mass is 182 g/mol. The first-order valence-corrected chi connectivity index (χ1v) is 4.90. The van der Waals surface area contributed by atoms with Crippen LogP contribution >= 0.6 is 0 Å². The molecule has 0 radical (unpaired) electrons. The average Bonchev–Trinajstić information content (AvgIpc) is 2.16. The molecular weight excluding hydrogens is 164 g/mol. The molecule has 3 heteroatoms. The maximum Gasteiger partial charge on any atom is 0.257 e. The predicted octanol–water partition coefficient (Wildman–Crippen LogP) is 1.37. The zero-order chi connectivity index (χ0) is 9.68. The first-order valence-electron chi connectivity index (χ1n) is 4.90. The summed E-state index contributed by atoms with van der Waals surface area (Å²) in [4.78, 5) is 10.8. The Morgan fingerprint density at radius 3 is 2.54 bits per heavy atom. The van der Waals surface area contributed by atoms with E-state index < -0.39 is 0 Å². The molecule has 1 fully saturated rings. The molecule has 1 aliphatic carbocycles. The highest BCUT2D eigenvalue weighted by Crippen LogP contribution is 2.22. The van der Waals surface area contributed by atoms with Gasteiger partial charge in [-0.1, -0.05) is 13.5 Å². The van der Waals surface area contributed by atoms with Crippen molar-refractivity contribution in [2.24, 2.45) is 5.92 Å². The van der Waals surface area contributed by atoms with Crippen LogP contribution in [0.5, 0.6) is 0 Å². The van der Waals surface area contributed by atoms with Gasteiger partial charge in [0.25, 0.3) is 5.91 Å². The Bertz CT molecular complexity index is 183. The van der Waals surface area contributed by atoms with Crippen LogP contribution in [-0.2, 0) is 4.79 Å². The number of nitrogens with one attached hydrogen (secondary N) is 2. The van der Waals surface area contributed by atoms with Gasteiger partial charge in [0.15, 0.2) is 0 Å². The fourth-order valence-electron chi connectivity index (χ4n) is 1.63. The molecule has 0 spiro atoms. The standard InChI is InChI=1S/C10H18N2O/c1-3-10(13)12-11-9-6-4-8(2)5-7-9/h3,8-9,11H,1,4-7H2,2H3,(H,12,13). The molecule has 0 saturated heterocycles. The second kappa shape index (κ2) is 5.02. The maximum absolute atomic E-state index is 10.8. The van der Waals surface area contributed by atoms with Crippen molar-refractivity contribution in [3.63, 3.8) is 0 Å². The van der Waals surface area contributed by atoms with Gasteiger partial charge in [0, 0.05) is 6.04 Å². The summed E-state index contributed by atoms with van der Waals surface area (Å²) >= 11 is 0. The summed E-state index contributed by atoms with van der Waals surface area (Å²) in [5.41, 5.74) is 5.63. The highest BCUT2D eigenvalue weighted by atomic mass is 16.2. The molecular formula is C10H18N2O. The van der Waals surface area contributed by atoms with Gasteiger partial charge in [-0.05, 0) is 37.7 Å². The average molecular weight is 182 g/mol. The lowest BCUT2D eigenvalue weighted by Gasteiger charge is -2.26. The van der Waals surface area contributed by atoms with Crippen LogP contribution in [0.3, 0.4) is 0 Å². The minimum atomic E-state index is -0.154. The number of hydrogen-bond acceptors (Lipinski definition) is 2. The molecule has 0 aromatic heterocycles. The summed E-state index contributed by atoms with van der Waals surface area (Å²) in [6.45, 7) is 5.66. The smallest absolute Gasteiger partial charge is 0.257 e. The second-order valence-electron chi connectivity index (χ2n) is 3.79. The molecule has 3 nitrogen and oxygen atoms in total. The number of amides is 1. The van der Waals surface area contributed by atoms with Crippen molar-refractivity contribution >= 4 is 5.91 Å². The van der Waals surface area contributed by atoms with Crippen LogP contribution in [-0.4, -0.2) is 11.9 Å². The number of hydrazine groups is 1. The topological polar surface area (TPSA) is 41.1 Å². The summed E-state index contributed by atoms with van der Waals surface area (Å²) < 4.78 is 0. The van der Waals surface area contributed by atoms with E-state index in [0.29, 0.717) is 6.04 Å². The molecule has 0 unspecified atom stereocenters. The molecule has 1 saturated carbocycles. The van der Waals surface area contributed by atoms with Gasteiger partial charge >= 0.3 is 0 Å². The van der Waals surface area contributed by atoms with Crippen LogP contribution in [0.2, 0.25) is 0 Å². The van der Waals surface area contributed by atoms with E-state index in [4.69, 9.17) is 0 Å². The van der Waals surface area contributed by atoms with Crippen LogP contribution < -0.4 is 10.9 Å². The highest BCUT2D eigenvalue weighted by Gasteiger charge is 2.17. The Morgan fingerprint density at radius 1 is 1.38 bits per heavy atom. The molecule has 1 rings (SSSR count). The number of hydrogen-bond donors (Lipinski definition) is 2. The number of carbonyl (C=O) groups is 1. The van der Waals surface area contributed by atoms with E-state index in [9.17, 15) is 4.79 Å². The molecule has 0 bridgehead atoms. The summed E-state index contributed by atoms with van der Waals surface area (Å²) in [6, 6.07) is 0.445. The van der Waals surface area contributed by atoms with Crippen molar-refractivity contribution in [1.82, 2.24) is 10.9 Å². The molecule has 13 heavy (non-hydrogen) atoms. The Balaban J connectivity index is 2.15. The van der Waals surface area contributed by atoms with Crippen molar-refractivity contribution in [3.05, 3.63) is 12.7 Å². The van der Waals surface area contributed by atoms with Gasteiger partial charge in [0.2, 0.25) is 0 Å². The number of carbonyl (C=O) groups excluding carboxylic acids is 1. The van der Waals surface area contributed by atoms with Crippen LogP contribution in [0, 0.1) is 5.92 Å². The second-order valence-corrected chi connectivity index (χ2v) is 3.79.